The number of amidine groups is 1. The number of nitrogens with zero attached hydrogens (tertiary/aromatic N) is 7. The number of aryl methyl sites for hydroxylation is 4. The van der Waals surface area contributed by atoms with E-state index in [-0.39, 0.29) is 75.9 Å². The van der Waals surface area contributed by atoms with Crippen LogP contribution in [0.2, 0.25) is 0 Å². The van der Waals surface area contributed by atoms with Gasteiger partial charge in [-0.05, 0) is 22.0 Å². The van der Waals surface area contributed by atoms with Crippen LogP contribution in [0.5, 0.6) is 0 Å². The average molecular weight is 748 g/mol. The molecule has 48 heavy (non-hydrogen) atoms. The summed E-state index contributed by atoms with van der Waals surface area (Å²) in [5, 5.41) is 32.7. The van der Waals surface area contributed by atoms with Crippen molar-refractivity contribution in [2.45, 2.75) is 6.42 Å². The molecule has 0 radical (unpaired) electrons. The normalized spacial score (nSPS) is 10.4. The molecule has 0 unspecified atom stereocenters. The highest BCUT2D eigenvalue weighted by atomic mass is 79.9. The van der Waals surface area contributed by atoms with Gasteiger partial charge in [0.15, 0.2) is 17.5 Å². The third kappa shape index (κ3) is 8.73. The lowest BCUT2D eigenvalue weighted by Gasteiger charge is -2.03. The molecule has 8 N–H and O–H groups in total. The van der Waals surface area contributed by atoms with Crippen LogP contribution in [0.1, 0.15) is 48.4 Å². The van der Waals surface area contributed by atoms with E-state index in [0.29, 0.717) is 5.69 Å². The molecule has 0 fully saturated rings. The largest absolute Gasteiger partial charge is 0.388 e. The van der Waals surface area contributed by atoms with Crippen molar-refractivity contribution in [3.05, 3.63) is 64.3 Å². The molecule has 0 spiro atoms. The zero-order chi connectivity index (χ0) is 34.6. The van der Waals surface area contributed by atoms with Gasteiger partial charge in [-0.15, -0.1) is 12.4 Å². The van der Waals surface area contributed by atoms with E-state index in [1.807, 2.05) is 0 Å². The topological polar surface area (TPSA) is 254 Å². The summed E-state index contributed by atoms with van der Waals surface area (Å²) in [5.41, 5.74) is 6.19. The van der Waals surface area contributed by atoms with E-state index in [1.54, 1.807) is 14.1 Å². The zero-order valence-corrected chi connectivity index (χ0v) is 28.4. The molecule has 4 rings (SSSR count). The van der Waals surface area contributed by atoms with Crippen LogP contribution in [-0.4, -0.2) is 75.8 Å². The molecule has 0 aliphatic rings. The molecule has 4 heterocycles. The van der Waals surface area contributed by atoms with Crippen molar-refractivity contribution >= 4 is 86.8 Å². The van der Waals surface area contributed by atoms with Gasteiger partial charge in [0.25, 0.3) is 29.5 Å². The molecular formula is C27H32BrClN14O5. The maximum absolute atomic E-state index is 13.1. The molecule has 0 atom stereocenters. The summed E-state index contributed by atoms with van der Waals surface area (Å²) < 4.78 is 5.43. The summed E-state index contributed by atoms with van der Waals surface area (Å²) in [6.07, 6.45) is 1.73. The Balaban J connectivity index is 0.00000625. The molecule has 5 amide bonds. The smallest absolute Gasteiger partial charge is 0.275 e. The van der Waals surface area contributed by atoms with Gasteiger partial charge in [-0.25, -0.2) is 0 Å². The highest BCUT2D eigenvalue weighted by molar-refractivity contribution is 9.12. The minimum atomic E-state index is -0.587. The molecule has 21 heteroatoms. The summed E-state index contributed by atoms with van der Waals surface area (Å²) in [6.45, 7) is 3.65. The van der Waals surface area contributed by atoms with Crippen LogP contribution in [0, 0.1) is 5.41 Å². The van der Waals surface area contributed by atoms with E-state index in [2.05, 4.69) is 64.4 Å². The molecule has 0 saturated carbocycles. The Bertz CT molecular complexity index is 1940. The Morgan fingerprint density at radius 1 is 0.750 bits per heavy atom. The summed E-state index contributed by atoms with van der Waals surface area (Å²) in [6, 6.07) is 5.59. The Morgan fingerprint density at radius 3 is 1.67 bits per heavy atom. The molecule has 0 bridgehead atoms. The summed E-state index contributed by atoms with van der Waals surface area (Å²) in [5.74, 6) is -2.38. The number of carbonyl (C=O) groups excluding carboxylic acids is 5. The predicted molar refractivity (Wildman–Crippen MR) is 182 cm³/mol. The van der Waals surface area contributed by atoms with E-state index in [9.17, 15) is 24.0 Å². The molecule has 19 nitrogen and oxygen atoms in total. The zero-order valence-electron chi connectivity index (χ0n) is 26.0. The summed E-state index contributed by atoms with van der Waals surface area (Å²) >= 11 is 2.97. The quantitative estimate of drug-likeness (QED) is 0.0626. The van der Waals surface area contributed by atoms with Crippen molar-refractivity contribution in [1.82, 2.24) is 39.2 Å². The Hall–Kier alpha value is -5.76. The van der Waals surface area contributed by atoms with Gasteiger partial charge in [-0.2, -0.15) is 15.3 Å². The van der Waals surface area contributed by atoms with Gasteiger partial charge in [0.1, 0.15) is 22.8 Å². The van der Waals surface area contributed by atoms with E-state index in [4.69, 9.17) is 11.1 Å². The third-order valence-electron chi connectivity index (χ3n) is 6.48. The number of amides is 5. The standard InChI is InChI=1S/C27H31BrN14O5.ClH/c1-13(28)23(43)33-20-11-18(42(5)36-20)27(47)35-22-10-17(41(4)38-22)26(46)32-14-8-15(39(2)12-14)25(45)34-21-9-16(40(3)37-21)24(44)31-7-6-19(29)30;/h8-12H,1,6-7H2,2-5H3,(H3,29,30)(H,31,44)(H,32,46)(H,33,36,43)(H,34,37,45)(H,35,38,47);1H. The van der Waals surface area contributed by atoms with Crippen molar-refractivity contribution in [1.29, 1.82) is 5.41 Å². The Labute approximate surface area is 287 Å². The number of nitrogens with two attached hydrogens (primary N) is 1. The van der Waals surface area contributed by atoms with Crippen LogP contribution in [0.4, 0.5) is 23.1 Å². The van der Waals surface area contributed by atoms with Gasteiger partial charge in [0.2, 0.25) is 0 Å². The minimum absolute atomic E-state index is 0. The fraction of sp³-hybridized carbons (Fsp3) is 0.222. The number of carbonyl (C=O) groups is 5. The molecular weight excluding hydrogens is 716 g/mol. The minimum Gasteiger partial charge on any atom is -0.388 e. The highest BCUT2D eigenvalue weighted by Crippen LogP contribution is 2.19. The third-order valence-corrected chi connectivity index (χ3v) is 6.84. The predicted octanol–water partition coefficient (Wildman–Crippen LogP) is 1.31. The van der Waals surface area contributed by atoms with Crippen molar-refractivity contribution < 1.29 is 24.0 Å². The first-order valence-electron chi connectivity index (χ1n) is 13.6. The van der Waals surface area contributed by atoms with Gasteiger partial charge < -0.3 is 36.9 Å². The van der Waals surface area contributed by atoms with Gasteiger partial charge in [-0.3, -0.25) is 43.4 Å². The summed E-state index contributed by atoms with van der Waals surface area (Å²) in [7, 11) is 6.19. The fourth-order valence-corrected chi connectivity index (χ4v) is 4.32. The lowest BCUT2D eigenvalue weighted by atomic mass is 10.3. The van der Waals surface area contributed by atoms with E-state index >= 15 is 0 Å². The molecule has 0 saturated heterocycles. The molecule has 4 aromatic rings. The van der Waals surface area contributed by atoms with Crippen molar-refractivity contribution in [2.75, 3.05) is 27.8 Å². The molecule has 0 aliphatic carbocycles. The second kappa shape index (κ2) is 15.2. The average Bonchev–Trinajstić information content (AvgIpc) is 3.73. The Morgan fingerprint density at radius 2 is 1.19 bits per heavy atom. The van der Waals surface area contributed by atoms with Crippen LogP contribution in [0.15, 0.2) is 41.5 Å². The van der Waals surface area contributed by atoms with Gasteiger partial charge in [0.05, 0.1) is 16.0 Å². The first-order chi connectivity index (χ1) is 22.1. The van der Waals surface area contributed by atoms with Gasteiger partial charge in [0, 0.05) is 65.6 Å². The van der Waals surface area contributed by atoms with E-state index in [0.717, 1.165) is 0 Å². The monoisotopic (exact) mass is 746 g/mol. The van der Waals surface area contributed by atoms with Crippen LogP contribution in [0.3, 0.4) is 0 Å². The van der Waals surface area contributed by atoms with Crippen LogP contribution < -0.4 is 32.3 Å². The first kappa shape index (κ1) is 36.7. The molecule has 254 valence electrons. The lowest BCUT2D eigenvalue weighted by molar-refractivity contribution is -0.112. The van der Waals surface area contributed by atoms with E-state index in [1.165, 1.54) is 63.2 Å². The van der Waals surface area contributed by atoms with Crippen molar-refractivity contribution in [3.8, 4) is 0 Å². The number of hydrogen-bond acceptors (Lipinski definition) is 9. The maximum Gasteiger partial charge on any atom is 0.275 e. The number of halogens is 2. The summed E-state index contributed by atoms with van der Waals surface area (Å²) in [4.78, 5) is 63.2. The number of aromatic nitrogens is 7. The lowest BCUT2D eigenvalue weighted by Crippen LogP contribution is -2.29. The van der Waals surface area contributed by atoms with E-state index < -0.39 is 29.5 Å². The SMILES string of the molecule is C=C(Br)C(=O)Nc1cc(C(=O)Nc2cc(C(=O)Nc3cc(C(=O)Nc4cc(C(=O)NCCC(=N)N)n(C)n4)n(C)c3)n(C)n2)n(C)n1.Cl. The fourth-order valence-electron chi connectivity index (χ4n) is 4.22. The van der Waals surface area contributed by atoms with Crippen LogP contribution >= 0.6 is 28.3 Å². The van der Waals surface area contributed by atoms with Crippen molar-refractivity contribution in [3.63, 3.8) is 0 Å². The van der Waals surface area contributed by atoms with Crippen LogP contribution in [0.25, 0.3) is 0 Å². The molecule has 0 aliphatic heterocycles. The van der Waals surface area contributed by atoms with Crippen molar-refractivity contribution in [2.24, 2.45) is 33.9 Å². The maximum atomic E-state index is 13.1. The van der Waals surface area contributed by atoms with Gasteiger partial charge >= 0.3 is 0 Å². The Kier molecular flexibility index (Phi) is 11.6. The molecule has 0 aromatic carbocycles. The number of hydrogen-bond donors (Lipinski definition) is 7. The molecule has 4 aromatic heterocycles. The number of rotatable bonds is 12. The number of nitrogens with one attached hydrogen (secondary N) is 6. The second-order valence-electron chi connectivity index (χ2n) is 10.1. The highest BCUT2D eigenvalue weighted by Gasteiger charge is 2.21. The first-order valence-corrected chi connectivity index (χ1v) is 14.4. The second-order valence-corrected chi connectivity index (χ2v) is 11.0. The number of anilines is 4. The van der Waals surface area contributed by atoms with Crippen LogP contribution in [-0.2, 0) is 33.0 Å². The van der Waals surface area contributed by atoms with Gasteiger partial charge in [-0.1, -0.05) is 6.58 Å².